The number of nitrogens with zero attached hydrogens (tertiary/aromatic N) is 3. The summed E-state index contributed by atoms with van der Waals surface area (Å²) in [5.74, 6) is -1.86. The number of carbonyl (C=O) groups is 5. The zero-order chi connectivity index (χ0) is 52.2. The minimum absolute atomic E-state index is 0.00385. The monoisotopic (exact) mass is 981 g/mol. The van der Waals surface area contributed by atoms with Gasteiger partial charge >= 0.3 is 35.4 Å². The van der Waals surface area contributed by atoms with Crippen LogP contribution in [0.15, 0.2) is 146 Å². The Bertz CT molecular complexity index is 2800. The lowest BCUT2D eigenvalue weighted by molar-refractivity contribution is -0.153. The fourth-order valence-electron chi connectivity index (χ4n) is 6.89. The second-order valence-electron chi connectivity index (χ2n) is 17.6. The van der Waals surface area contributed by atoms with Crippen molar-refractivity contribution in [2.24, 2.45) is 5.41 Å². The van der Waals surface area contributed by atoms with Gasteiger partial charge in [0.15, 0.2) is 11.4 Å². The SMILES string of the molecule is [C-]#[N+]c1ccc(-c2ccc(OC(=O)c3ccc(OCCOC(=O)CCC(CCC(=O)OCCOc4ccc(C(=O)Oc5ccc(-c6ccc([N+]#[C-])cc6)cc5)cc4)([N+]#[C-])C(=O)OCC(C)(C)C)cc3)cc2)cc1. The molecule has 0 aliphatic carbocycles. The molecule has 0 bridgehead atoms. The van der Waals surface area contributed by atoms with E-state index in [-0.39, 0.29) is 69.8 Å². The minimum atomic E-state index is -1.87. The molecule has 0 fully saturated rings. The van der Waals surface area contributed by atoms with Crippen LogP contribution in [0.2, 0.25) is 0 Å². The molecule has 0 aliphatic heterocycles. The van der Waals surface area contributed by atoms with E-state index in [2.05, 4.69) is 14.5 Å². The second kappa shape index (κ2) is 25.6. The van der Waals surface area contributed by atoms with E-state index >= 15 is 0 Å². The summed E-state index contributed by atoms with van der Waals surface area (Å²) < 4.78 is 38.5. The molecule has 0 atom stereocenters. The molecular weight excluding hydrogens is 931 g/mol. The van der Waals surface area contributed by atoms with E-state index in [1.165, 1.54) is 24.3 Å². The molecule has 0 aliphatic rings. The first-order chi connectivity index (χ1) is 35.1. The molecule has 6 rings (SSSR count). The summed E-state index contributed by atoms with van der Waals surface area (Å²) in [6, 6.07) is 40.8. The lowest BCUT2D eigenvalue weighted by atomic mass is 9.88. The van der Waals surface area contributed by atoms with Crippen molar-refractivity contribution in [3.8, 4) is 45.3 Å². The van der Waals surface area contributed by atoms with Crippen molar-refractivity contribution >= 4 is 41.2 Å². The van der Waals surface area contributed by atoms with E-state index in [0.717, 1.165) is 22.3 Å². The fraction of sp³-hybridized carbons (Fsp3) is 0.241. The predicted molar refractivity (Wildman–Crippen MR) is 270 cm³/mol. The topological polar surface area (TPSA) is 163 Å². The molecule has 15 nitrogen and oxygen atoms in total. The number of benzene rings is 6. The highest BCUT2D eigenvalue weighted by Crippen LogP contribution is 2.30. The standard InChI is InChI=1S/C58H51N3O12/c1-57(2,3)39-71-56(66)58(61-6,33-31-52(62)69-37-35-67-48-23-15-44(16-24-48)54(64)72-50-27-11-42(12-28-50)40-7-19-46(59-4)20-8-40)34-32-53(63)70-38-36-68-49-25-17-45(18-26-49)55(65)73-51-29-13-43(14-30-51)41-9-21-47(60-5)22-10-41/h7-30H,31-39H2,1-3H3. The molecule has 0 spiro atoms. The van der Waals surface area contributed by atoms with Crippen molar-refractivity contribution < 1.29 is 57.1 Å². The molecule has 0 N–H and O–H groups in total. The highest BCUT2D eigenvalue weighted by atomic mass is 16.6. The van der Waals surface area contributed by atoms with Crippen molar-refractivity contribution in [2.75, 3.05) is 33.0 Å². The summed E-state index contributed by atoms with van der Waals surface area (Å²) in [6.45, 7) is 27.4. The van der Waals surface area contributed by atoms with Gasteiger partial charge in [0.1, 0.15) is 49.4 Å². The van der Waals surface area contributed by atoms with E-state index < -0.39 is 40.8 Å². The molecule has 0 unspecified atom stereocenters. The molecule has 0 heterocycles. The first-order valence-electron chi connectivity index (χ1n) is 23.1. The maximum atomic E-state index is 13.4. The van der Waals surface area contributed by atoms with Gasteiger partial charge in [0.25, 0.3) is 0 Å². The Balaban J connectivity index is 0.899. The van der Waals surface area contributed by atoms with Gasteiger partial charge in [0.2, 0.25) is 0 Å². The Morgan fingerprint density at radius 1 is 0.438 bits per heavy atom. The van der Waals surface area contributed by atoms with Crippen LogP contribution in [0.5, 0.6) is 23.0 Å². The zero-order valence-corrected chi connectivity index (χ0v) is 40.5. The van der Waals surface area contributed by atoms with E-state index in [1.807, 2.05) is 69.3 Å². The van der Waals surface area contributed by atoms with Gasteiger partial charge in [-0.25, -0.2) is 30.6 Å². The summed E-state index contributed by atoms with van der Waals surface area (Å²) in [4.78, 5) is 75.1. The third-order valence-corrected chi connectivity index (χ3v) is 10.9. The van der Waals surface area contributed by atoms with Crippen LogP contribution in [-0.4, -0.2) is 68.4 Å². The zero-order valence-electron chi connectivity index (χ0n) is 40.5. The summed E-state index contributed by atoms with van der Waals surface area (Å²) in [5, 5.41) is 0. The van der Waals surface area contributed by atoms with Crippen LogP contribution in [0.4, 0.5) is 11.4 Å². The van der Waals surface area contributed by atoms with E-state index in [9.17, 15) is 24.0 Å². The molecule has 0 radical (unpaired) electrons. The van der Waals surface area contributed by atoms with Gasteiger partial charge in [-0.3, -0.25) is 14.4 Å². The van der Waals surface area contributed by atoms with Crippen LogP contribution in [0, 0.1) is 25.1 Å². The maximum absolute atomic E-state index is 13.4. The highest BCUT2D eigenvalue weighted by molar-refractivity contribution is 5.92. The van der Waals surface area contributed by atoms with E-state index in [4.69, 9.17) is 52.9 Å². The van der Waals surface area contributed by atoms with Gasteiger partial charge in [0.05, 0.1) is 43.7 Å². The number of hydrogen-bond donors (Lipinski definition) is 0. The van der Waals surface area contributed by atoms with Gasteiger partial charge in [-0.05, 0) is 100 Å². The van der Waals surface area contributed by atoms with Gasteiger partial charge in [-0.15, -0.1) is 0 Å². The first-order valence-corrected chi connectivity index (χ1v) is 23.1. The van der Waals surface area contributed by atoms with Crippen LogP contribution in [0.3, 0.4) is 0 Å². The Hall–Kier alpha value is -9.26. The van der Waals surface area contributed by atoms with Gasteiger partial charge in [-0.2, -0.15) is 0 Å². The molecule has 0 amide bonds. The average molecular weight is 982 g/mol. The first kappa shape index (κ1) is 53.1. The number of ether oxygens (including phenoxy) is 7. The lowest BCUT2D eigenvalue weighted by Gasteiger charge is -2.23. The van der Waals surface area contributed by atoms with Gasteiger partial charge < -0.3 is 33.2 Å². The molecule has 370 valence electrons. The van der Waals surface area contributed by atoms with Crippen LogP contribution >= 0.6 is 0 Å². The van der Waals surface area contributed by atoms with Crippen molar-refractivity contribution in [2.45, 2.75) is 52.0 Å². The quantitative estimate of drug-likeness (QED) is 0.0208. The molecular formula is C58H51N3O12. The number of esters is 5. The minimum Gasteiger partial charge on any atom is -0.490 e. The van der Waals surface area contributed by atoms with Crippen LogP contribution in [0.25, 0.3) is 36.8 Å². The molecule has 0 saturated carbocycles. The highest BCUT2D eigenvalue weighted by Gasteiger charge is 2.48. The third-order valence-electron chi connectivity index (χ3n) is 10.9. The smallest absolute Gasteiger partial charge is 0.393 e. The lowest BCUT2D eigenvalue weighted by Crippen LogP contribution is -2.40. The number of hydrogen-bond acceptors (Lipinski definition) is 12. The molecule has 15 heteroatoms. The Labute approximate surface area is 423 Å². The van der Waals surface area contributed by atoms with Crippen molar-refractivity contribution in [3.05, 3.63) is 191 Å². The third kappa shape index (κ3) is 16.1. The maximum Gasteiger partial charge on any atom is 0.393 e. The largest absolute Gasteiger partial charge is 0.490 e. The summed E-state index contributed by atoms with van der Waals surface area (Å²) in [6.07, 6.45) is -1.19. The van der Waals surface area contributed by atoms with E-state index in [0.29, 0.717) is 34.4 Å². The molecule has 73 heavy (non-hydrogen) atoms. The number of carbonyl (C=O) groups excluding carboxylic acids is 5. The normalized spacial score (nSPS) is 10.8. The van der Waals surface area contributed by atoms with Gasteiger partial charge in [-0.1, -0.05) is 93.6 Å². The molecule has 6 aromatic rings. The summed E-state index contributed by atoms with van der Waals surface area (Å²) in [5.41, 5.74) is 3.03. The second-order valence-corrected chi connectivity index (χ2v) is 17.6. The fourth-order valence-corrected chi connectivity index (χ4v) is 6.89. The van der Waals surface area contributed by atoms with Crippen molar-refractivity contribution in [1.82, 2.24) is 0 Å². The summed E-state index contributed by atoms with van der Waals surface area (Å²) >= 11 is 0. The Morgan fingerprint density at radius 2 is 0.781 bits per heavy atom. The van der Waals surface area contributed by atoms with Crippen LogP contribution in [-0.2, 0) is 28.6 Å². The van der Waals surface area contributed by atoms with E-state index in [1.54, 1.807) is 72.8 Å². The molecule has 0 aromatic heterocycles. The predicted octanol–water partition coefficient (Wildman–Crippen LogP) is 11.9. The van der Waals surface area contributed by atoms with Crippen molar-refractivity contribution in [3.63, 3.8) is 0 Å². The van der Waals surface area contributed by atoms with Gasteiger partial charge in [0, 0.05) is 12.8 Å². The van der Waals surface area contributed by atoms with Crippen LogP contribution < -0.4 is 18.9 Å². The van der Waals surface area contributed by atoms with Crippen molar-refractivity contribution in [1.29, 1.82) is 0 Å². The molecule has 0 saturated heterocycles. The number of rotatable bonds is 22. The molecule has 6 aromatic carbocycles. The summed E-state index contributed by atoms with van der Waals surface area (Å²) in [7, 11) is 0. The van der Waals surface area contributed by atoms with Crippen LogP contribution in [0.1, 0.15) is 67.2 Å². The Morgan fingerprint density at radius 3 is 1.11 bits per heavy atom. The average Bonchev–Trinajstić information content (AvgIpc) is 3.41. The Kier molecular flexibility index (Phi) is 18.6.